The summed E-state index contributed by atoms with van der Waals surface area (Å²) in [5.41, 5.74) is 38.5. The van der Waals surface area contributed by atoms with Gasteiger partial charge in [0, 0.05) is 45.2 Å². The first-order valence-electron chi connectivity index (χ1n) is 48.2. The van der Waals surface area contributed by atoms with Crippen LogP contribution in [0, 0.1) is 23.2 Å². The first kappa shape index (κ1) is 130. The Balaban J connectivity index is 3.47. The smallest absolute Gasteiger partial charge is 0.326 e. The van der Waals surface area contributed by atoms with Gasteiger partial charge in [-0.2, -0.15) is 0 Å². The Morgan fingerprint density at radius 1 is 0.349 bits per heavy atom. The van der Waals surface area contributed by atoms with Crippen LogP contribution < -0.4 is 141 Å². The lowest BCUT2D eigenvalue weighted by Crippen LogP contribution is -2.62. The summed E-state index contributed by atoms with van der Waals surface area (Å²) in [6, 6.07) is -29.0. The number of rotatable bonds is 72. The largest absolute Gasteiger partial charge is 0.481 e. The van der Waals surface area contributed by atoms with Crippen molar-refractivity contribution >= 4 is 154 Å². The highest BCUT2D eigenvalue weighted by Crippen LogP contribution is 2.22. The molecule has 1 aliphatic heterocycles. The number of aliphatic carboxylic acids is 3. The van der Waals surface area contributed by atoms with Crippen molar-refractivity contribution in [2.24, 2.45) is 57.9 Å². The summed E-state index contributed by atoms with van der Waals surface area (Å²) in [7, 11) is 0. The summed E-state index contributed by atoms with van der Waals surface area (Å²) in [6.45, 7) is 13.0. The molecule has 0 aromatic heterocycles. The molecule has 39 N–H and O–H groups in total. The van der Waals surface area contributed by atoms with Gasteiger partial charge in [-0.25, -0.2) is 4.79 Å². The first-order valence-corrected chi connectivity index (χ1v) is 48.2. The molecule has 1 fully saturated rings. The molecule has 146 heavy (non-hydrogen) atoms. The molecule has 58 heteroatoms. The van der Waals surface area contributed by atoms with Crippen molar-refractivity contribution < 1.29 is 145 Å². The van der Waals surface area contributed by atoms with Crippen LogP contribution >= 0.6 is 0 Å². The molecule has 0 aliphatic carbocycles. The number of aliphatic hydroxyl groups is 2. The van der Waals surface area contributed by atoms with E-state index < -0.39 is 370 Å². The molecule has 58 nitrogen and oxygen atoms in total. The van der Waals surface area contributed by atoms with Crippen molar-refractivity contribution in [1.82, 2.24) is 106 Å². The highest BCUT2D eigenvalue weighted by atomic mass is 16.4. The Kier molecular flexibility index (Phi) is 60.0. The molecule has 1 heterocycles. The zero-order valence-corrected chi connectivity index (χ0v) is 84.1. The molecular formula is C88H152N28O30. The van der Waals surface area contributed by atoms with E-state index in [2.05, 4.69) is 101 Å². The Bertz CT molecular complexity index is 4510. The highest BCUT2D eigenvalue weighted by molar-refractivity contribution is 6.03. The minimum atomic E-state index is -1.92. The van der Waals surface area contributed by atoms with Crippen molar-refractivity contribution in [2.45, 2.75) is 332 Å². The summed E-state index contributed by atoms with van der Waals surface area (Å²) in [5.74, 6) is -30.2. The predicted octanol–water partition coefficient (Wildman–Crippen LogP) is -12.4. The van der Waals surface area contributed by atoms with Gasteiger partial charge in [-0.15, -0.1) is 0 Å². The van der Waals surface area contributed by atoms with E-state index >= 15 is 0 Å². The molecular weight excluding hydrogens is 1930 g/mol. The second-order valence-corrected chi connectivity index (χ2v) is 35.9. The topological polar surface area (TPSA) is 966 Å². The number of hydrogen-bond acceptors (Lipinski definition) is 31. The van der Waals surface area contributed by atoms with Gasteiger partial charge in [0.2, 0.25) is 130 Å². The number of nitrogens with one attached hydrogen (secondary N) is 20. The molecule has 21 atom stereocenters. The van der Waals surface area contributed by atoms with Crippen molar-refractivity contribution in [1.29, 1.82) is 5.41 Å². The van der Waals surface area contributed by atoms with E-state index in [0.29, 0.717) is 25.8 Å². The van der Waals surface area contributed by atoms with Gasteiger partial charge in [0.25, 0.3) is 0 Å². The van der Waals surface area contributed by atoms with Crippen LogP contribution in [0.2, 0.25) is 0 Å². The van der Waals surface area contributed by atoms with Gasteiger partial charge in [-0.05, 0) is 162 Å². The molecule has 0 bridgehead atoms. The average molecular weight is 2080 g/mol. The summed E-state index contributed by atoms with van der Waals surface area (Å²) in [4.78, 5) is 337. The van der Waals surface area contributed by atoms with Gasteiger partial charge in [-0.1, -0.05) is 54.4 Å². The number of aliphatic hydroxyl groups excluding tert-OH is 2. The molecule has 1 aliphatic rings. The Morgan fingerprint density at radius 2 is 0.664 bits per heavy atom. The number of nitrogens with zero attached hydrogens (tertiary/aromatic N) is 1. The quantitative estimate of drug-likeness (QED) is 0.0153. The van der Waals surface area contributed by atoms with Crippen molar-refractivity contribution in [2.75, 3.05) is 45.9 Å². The standard InChI is InChI=1S/C88H152N28O30/c1-12-42(5)67(113-81(139)54(26-31-61(94)121)104-72(130)46(9)101-71(129)45(8)100-70(128)44(7)99-63(123)39-98-83(141)58-23-19-37-116(58)86(144)69(48(11)118)115-82(140)57(40-117)111-73(131)47(10)102-74(132)49(20-14-16-34-89)103-62(122)38-91)85(143)110-53(25-30-60(93)120)77(135)108-56(28-33-65(126)127)80(138)112-66(41(3)4)84(142)109-50(21-15-17-35-90)75(133)107-55(27-32-64(124)125)78(136)106-52(24-29-59(92)119)76(134)105-51(22-18-36-97-88(95)96)79(137)114-68(87(145)146)43(6)13-2/h41-58,66-69,117-118H,12-40,89-91H2,1-11H3,(H2,92,119)(H2,93,120)(H2,94,121)(H,98,141)(H,99,123)(H,100,128)(H,101,129)(H,102,132)(H,103,122)(H,104,130)(H,105,134)(H,106,136)(H,107,133)(H,108,135)(H,109,142)(H,110,143)(H,111,131)(H,112,138)(H,113,139)(H,114,137)(H,115,140)(H,124,125)(H,126,127)(H,145,146)(H4,95,96,97)/t42-,43-,44-,45-,46-,47-,48+,49-,50-,51-,52-,53-,54-,55-,56-,57-,58-,66-,67-,68-,69-/m0/s1. The number of carboxylic acid groups (broad SMARTS) is 3. The van der Waals surface area contributed by atoms with Gasteiger partial charge >= 0.3 is 17.9 Å². The normalized spacial score (nSPS) is 16.2. The Hall–Kier alpha value is -14.2. The molecule has 824 valence electrons. The number of guanidine groups is 1. The first-order chi connectivity index (χ1) is 68.4. The second kappa shape index (κ2) is 67.4. The number of nitrogens with two attached hydrogens (primary N) is 7. The lowest BCUT2D eigenvalue weighted by molar-refractivity contribution is -0.144. The van der Waals surface area contributed by atoms with Crippen LogP contribution in [0.5, 0.6) is 0 Å². The summed E-state index contributed by atoms with van der Waals surface area (Å²) < 4.78 is 0. The van der Waals surface area contributed by atoms with Crippen LogP contribution in [0.25, 0.3) is 0 Å². The predicted molar refractivity (Wildman–Crippen MR) is 516 cm³/mol. The van der Waals surface area contributed by atoms with E-state index in [-0.39, 0.29) is 77.4 Å². The van der Waals surface area contributed by atoms with Crippen LogP contribution in [0.4, 0.5) is 0 Å². The van der Waals surface area contributed by atoms with Gasteiger partial charge in [-0.3, -0.25) is 120 Å². The number of likely N-dealkylation sites (tertiary alicyclic amines) is 1. The molecule has 1 saturated heterocycles. The third-order valence-corrected chi connectivity index (χ3v) is 23.4. The van der Waals surface area contributed by atoms with Crippen molar-refractivity contribution in [3.63, 3.8) is 0 Å². The number of hydrogen-bond donors (Lipinski definition) is 32. The van der Waals surface area contributed by atoms with Crippen LogP contribution in [0.3, 0.4) is 0 Å². The maximum absolute atomic E-state index is 14.6. The number of carbonyl (C=O) groups excluding carboxylic acids is 22. The minimum Gasteiger partial charge on any atom is -0.481 e. The summed E-state index contributed by atoms with van der Waals surface area (Å²) in [6.07, 6.45) is -6.75. The molecule has 0 saturated carbocycles. The molecule has 1 rings (SSSR count). The summed E-state index contributed by atoms with van der Waals surface area (Å²) >= 11 is 0. The van der Waals surface area contributed by atoms with Crippen LogP contribution in [-0.2, 0) is 120 Å². The number of primary amides is 3. The van der Waals surface area contributed by atoms with Gasteiger partial charge in [0.15, 0.2) is 5.96 Å². The molecule has 0 radical (unpaired) electrons. The van der Waals surface area contributed by atoms with Gasteiger partial charge in [0.1, 0.15) is 109 Å². The third kappa shape index (κ3) is 48.5. The fraction of sp³-hybridized carbons (Fsp3) is 0.705. The van der Waals surface area contributed by atoms with E-state index in [1.54, 1.807) is 20.8 Å². The zero-order chi connectivity index (χ0) is 111. The number of amides is 22. The van der Waals surface area contributed by atoms with E-state index in [4.69, 9.17) is 45.5 Å². The Morgan fingerprint density at radius 3 is 1.03 bits per heavy atom. The fourth-order valence-corrected chi connectivity index (χ4v) is 14.4. The van der Waals surface area contributed by atoms with Crippen LogP contribution in [0.1, 0.15) is 217 Å². The van der Waals surface area contributed by atoms with E-state index in [9.17, 15) is 145 Å². The molecule has 0 spiro atoms. The highest BCUT2D eigenvalue weighted by Gasteiger charge is 2.44. The third-order valence-electron chi connectivity index (χ3n) is 23.4. The van der Waals surface area contributed by atoms with Crippen molar-refractivity contribution in [3.8, 4) is 0 Å². The number of carbonyl (C=O) groups is 25. The fourth-order valence-electron chi connectivity index (χ4n) is 14.4. The van der Waals surface area contributed by atoms with Crippen LogP contribution in [0.15, 0.2) is 0 Å². The summed E-state index contributed by atoms with van der Waals surface area (Å²) in [5, 5.41) is 103. The maximum Gasteiger partial charge on any atom is 0.326 e. The SMILES string of the molecule is CC[C@H](C)[C@H](NC(=O)[C@H](CCCNC(=N)N)NC(=O)[C@H](CCC(N)=O)NC(=O)[C@H](CCC(=O)O)NC(=O)[C@H](CCCCN)NC(=O)[C@@H](NC(=O)[C@H](CCC(=O)O)NC(=O)[C@H](CCC(N)=O)NC(=O)[C@@H](NC(=O)[C@H](CCC(N)=O)NC(=O)[C@H](C)NC(=O)[C@H](C)NC(=O)[C@H](C)NC(=O)CNC(=O)[C@@H]1CCCN1C(=O)[C@@H](NC(=O)[C@H](CO)NC(=O)[C@H](C)NC(=O)[C@H](CCCCN)NC(=O)CN)[C@@H](C)O)[C@@H](C)CC)C(C)C)C(=O)O. The van der Waals surface area contributed by atoms with Crippen LogP contribution in [-0.4, -0.2) is 345 Å². The molecule has 0 aromatic carbocycles. The van der Waals surface area contributed by atoms with E-state index in [0.717, 1.165) is 18.7 Å². The van der Waals surface area contributed by atoms with Gasteiger partial charge in [0.05, 0.1) is 25.8 Å². The molecule has 0 aromatic rings. The molecule has 22 amide bonds. The van der Waals surface area contributed by atoms with Crippen molar-refractivity contribution in [3.05, 3.63) is 0 Å². The second-order valence-electron chi connectivity index (χ2n) is 35.9. The monoisotopic (exact) mass is 2080 g/mol. The molecule has 0 unspecified atom stereocenters. The lowest BCUT2D eigenvalue weighted by Gasteiger charge is -2.31. The zero-order valence-electron chi connectivity index (χ0n) is 84.1. The van der Waals surface area contributed by atoms with Gasteiger partial charge < -0.3 is 172 Å². The maximum atomic E-state index is 14.6. The van der Waals surface area contributed by atoms with E-state index in [1.807, 2.05) is 0 Å². The van der Waals surface area contributed by atoms with E-state index in [1.165, 1.54) is 41.5 Å². The lowest BCUT2D eigenvalue weighted by atomic mass is 9.96. The average Bonchev–Trinajstić information content (AvgIpc) is 1.57. The number of carboxylic acids is 3. The Labute approximate surface area is 843 Å². The minimum absolute atomic E-state index is 0.0102. The number of unbranched alkanes of at least 4 members (excludes halogenated alkanes) is 2.